The first-order valence-corrected chi connectivity index (χ1v) is 20.6. The van der Waals surface area contributed by atoms with Crippen molar-refractivity contribution in [3.05, 3.63) is 107 Å². The van der Waals surface area contributed by atoms with Crippen LogP contribution < -0.4 is 20.4 Å². The fourth-order valence-electron chi connectivity index (χ4n) is 8.13. The molecule has 0 atom stereocenters. The molecule has 1 aliphatic carbocycles. The van der Waals surface area contributed by atoms with Crippen LogP contribution >= 0.6 is 0 Å². The monoisotopic (exact) mass is 742 g/mol. The largest absolute Gasteiger partial charge is 0.494 e. The molecule has 0 amide bonds. The molecule has 0 bridgehead atoms. The second kappa shape index (κ2) is 15.1. The predicted molar refractivity (Wildman–Crippen MR) is 225 cm³/mol. The van der Waals surface area contributed by atoms with E-state index in [0.29, 0.717) is 13.2 Å². The molecular formula is C47H60B2O6. The van der Waals surface area contributed by atoms with Gasteiger partial charge in [-0.2, -0.15) is 0 Å². The zero-order valence-corrected chi connectivity index (χ0v) is 34.8. The van der Waals surface area contributed by atoms with E-state index in [4.69, 9.17) is 28.1 Å². The molecule has 0 N–H and O–H groups in total. The van der Waals surface area contributed by atoms with Gasteiger partial charge in [0, 0.05) is 0 Å². The number of benzene rings is 4. The maximum Gasteiger partial charge on any atom is 0.494 e. The molecule has 0 radical (unpaired) electrons. The van der Waals surface area contributed by atoms with Gasteiger partial charge in [-0.1, -0.05) is 112 Å². The van der Waals surface area contributed by atoms with Crippen LogP contribution in [0.5, 0.6) is 11.5 Å². The first-order valence-electron chi connectivity index (χ1n) is 20.6. The molecule has 2 saturated heterocycles. The molecule has 0 unspecified atom stereocenters. The Morgan fingerprint density at radius 3 is 1.38 bits per heavy atom. The van der Waals surface area contributed by atoms with Crippen LogP contribution in [-0.4, -0.2) is 49.9 Å². The molecule has 0 aromatic heterocycles. The van der Waals surface area contributed by atoms with Gasteiger partial charge in [-0.25, -0.2) is 0 Å². The van der Waals surface area contributed by atoms with Crippen LogP contribution in [-0.2, 0) is 24.0 Å². The molecule has 3 aliphatic rings. The number of rotatable bonds is 14. The smallest absolute Gasteiger partial charge is 0.490 e. The summed E-state index contributed by atoms with van der Waals surface area (Å²) in [6.45, 7) is 22.6. The molecule has 0 spiro atoms. The third kappa shape index (κ3) is 7.07. The first-order chi connectivity index (χ1) is 26.1. The molecule has 0 saturated carbocycles. The summed E-state index contributed by atoms with van der Waals surface area (Å²) in [7, 11) is -1.02. The van der Waals surface area contributed by atoms with Crippen molar-refractivity contribution in [1.29, 1.82) is 0 Å². The van der Waals surface area contributed by atoms with Crippen molar-refractivity contribution >= 4 is 25.2 Å². The van der Waals surface area contributed by atoms with Gasteiger partial charge in [0.15, 0.2) is 11.5 Å². The van der Waals surface area contributed by atoms with Crippen molar-refractivity contribution in [3.63, 3.8) is 0 Å². The topological polar surface area (TPSA) is 55.4 Å². The summed E-state index contributed by atoms with van der Waals surface area (Å²) in [6, 6.07) is 30.9. The van der Waals surface area contributed by atoms with E-state index in [1.54, 1.807) is 0 Å². The van der Waals surface area contributed by atoms with E-state index in [-0.39, 0.29) is 0 Å². The number of unbranched alkanes of at least 4 members (excludes halogenated alkanes) is 4. The van der Waals surface area contributed by atoms with Gasteiger partial charge in [0.05, 0.1) is 41.0 Å². The Hall–Kier alpha value is -3.55. The van der Waals surface area contributed by atoms with Crippen molar-refractivity contribution in [2.24, 2.45) is 0 Å². The molecule has 4 aromatic carbocycles. The maximum atomic E-state index is 6.65. The number of hydrogen-bond donors (Lipinski definition) is 0. The van der Waals surface area contributed by atoms with Crippen LogP contribution in [0.1, 0.15) is 130 Å². The first kappa shape index (κ1) is 39.7. The fraction of sp³-hybridized carbons (Fsp3) is 0.489. The van der Waals surface area contributed by atoms with E-state index >= 15 is 0 Å². The zero-order valence-electron chi connectivity index (χ0n) is 34.8. The van der Waals surface area contributed by atoms with Gasteiger partial charge in [0.1, 0.15) is 0 Å². The minimum absolute atomic E-state index is 0.467. The summed E-state index contributed by atoms with van der Waals surface area (Å²) in [5.74, 6) is 1.56. The average molecular weight is 743 g/mol. The average Bonchev–Trinajstić information content (AvgIpc) is 3.66. The van der Waals surface area contributed by atoms with Gasteiger partial charge in [0.2, 0.25) is 0 Å². The number of fused-ring (bicyclic) bond motifs is 3. The van der Waals surface area contributed by atoms with E-state index in [9.17, 15) is 0 Å². The normalized spacial score (nSPS) is 19.7. The second-order valence-electron chi connectivity index (χ2n) is 17.7. The van der Waals surface area contributed by atoms with Gasteiger partial charge < -0.3 is 28.1 Å². The molecule has 2 heterocycles. The maximum absolute atomic E-state index is 6.65. The van der Waals surface area contributed by atoms with Crippen molar-refractivity contribution in [2.45, 2.75) is 136 Å². The number of hydrogen-bond acceptors (Lipinski definition) is 6. The molecule has 6 nitrogen and oxygen atoms in total. The van der Waals surface area contributed by atoms with Crippen molar-refractivity contribution in [3.8, 4) is 22.6 Å². The SMILES string of the molecule is CCCCCOc1ccc(C2(c3ccccc3)c3cc(B4OC(C)(C)C(C)(C)O4)ccc3-c3ccc(B4OC(C)(C)C(C)(C)O4)cc32)cc1OCCCCC. The highest BCUT2D eigenvalue weighted by molar-refractivity contribution is 6.62. The summed E-state index contributed by atoms with van der Waals surface area (Å²) in [6.07, 6.45) is 6.51. The Balaban J connectivity index is 1.45. The molecule has 7 rings (SSSR count). The minimum Gasteiger partial charge on any atom is -0.490 e. The molecule has 290 valence electrons. The molecule has 2 fully saturated rings. The lowest BCUT2D eigenvalue weighted by atomic mass is 9.65. The summed E-state index contributed by atoms with van der Waals surface area (Å²) < 4.78 is 39.7. The van der Waals surface area contributed by atoms with Crippen LogP contribution in [0, 0.1) is 0 Å². The summed E-state index contributed by atoms with van der Waals surface area (Å²) in [5, 5.41) is 0. The zero-order chi connectivity index (χ0) is 39.2. The minimum atomic E-state index is -0.729. The van der Waals surface area contributed by atoms with Gasteiger partial charge in [-0.15, -0.1) is 0 Å². The van der Waals surface area contributed by atoms with E-state index < -0.39 is 42.1 Å². The van der Waals surface area contributed by atoms with Crippen molar-refractivity contribution < 1.29 is 28.1 Å². The predicted octanol–water partition coefficient (Wildman–Crippen LogP) is 9.79. The fourth-order valence-corrected chi connectivity index (χ4v) is 8.13. The Bertz CT molecular complexity index is 1870. The van der Waals surface area contributed by atoms with Crippen LogP contribution in [0.4, 0.5) is 0 Å². The highest BCUT2D eigenvalue weighted by Crippen LogP contribution is 2.57. The standard InChI is InChI=1S/C47H60B2O6/c1-11-13-18-28-50-41-27-22-34(30-42(41)51-29-19-14-12-2)47(33-20-16-15-17-21-33)39-31-35(48-52-43(3,4)44(5,6)53-48)23-25-37(39)38-26-24-36(32-40(38)47)49-54-45(7,8)46(9,10)55-49/h15-17,20-27,30-32H,11-14,18-19,28-29H2,1-10H3. The van der Waals surface area contributed by atoms with Gasteiger partial charge in [-0.3, -0.25) is 0 Å². The van der Waals surface area contributed by atoms with E-state index in [1.807, 2.05) is 0 Å². The summed E-state index contributed by atoms with van der Waals surface area (Å²) in [4.78, 5) is 0. The molecular weight excluding hydrogens is 682 g/mol. The summed E-state index contributed by atoms with van der Waals surface area (Å²) >= 11 is 0. The quantitative estimate of drug-likeness (QED) is 0.0835. The lowest BCUT2D eigenvalue weighted by Gasteiger charge is -2.35. The highest BCUT2D eigenvalue weighted by Gasteiger charge is 2.55. The Labute approximate surface area is 330 Å². The third-order valence-electron chi connectivity index (χ3n) is 12.8. The van der Waals surface area contributed by atoms with E-state index in [1.165, 1.54) is 22.3 Å². The van der Waals surface area contributed by atoms with Gasteiger partial charge in [-0.05, 0) is 125 Å². The van der Waals surface area contributed by atoms with Crippen LogP contribution in [0.2, 0.25) is 0 Å². The van der Waals surface area contributed by atoms with Crippen molar-refractivity contribution in [1.82, 2.24) is 0 Å². The van der Waals surface area contributed by atoms with Gasteiger partial charge in [0.25, 0.3) is 0 Å². The van der Waals surface area contributed by atoms with Crippen LogP contribution in [0.15, 0.2) is 84.9 Å². The molecule has 55 heavy (non-hydrogen) atoms. The molecule has 2 aliphatic heterocycles. The Morgan fingerprint density at radius 1 is 0.473 bits per heavy atom. The molecule has 8 heteroatoms. The third-order valence-corrected chi connectivity index (χ3v) is 12.8. The lowest BCUT2D eigenvalue weighted by Crippen LogP contribution is -2.41. The Morgan fingerprint density at radius 2 is 0.927 bits per heavy atom. The summed E-state index contributed by atoms with van der Waals surface area (Å²) in [5.41, 5.74) is 6.31. The van der Waals surface area contributed by atoms with E-state index in [0.717, 1.165) is 72.1 Å². The lowest BCUT2D eigenvalue weighted by molar-refractivity contribution is 0.00578. The Kier molecular flexibility index (Phi) is 10.9. The van der Waals surface area contributed by atoms with Crippen LogP contribution in [0.3, 0.4) is 0 Å². The van der Waals surface area contributed by atoms with Crippen LogP contribution in [0.25, 0.3) is 11.1 Å². The van der Waals surface area contributed by atoms with Crippen molar-refractivity contribution in [2.75, 3.05) is 13.2 Å². The van der Waals surface area contributed by atoms with Gasteiger partial charge >= 0.3 is 14.2 Å². The van der Waals surface area contributed by atoms with E-state index in [2.05, 4.69) is 154 Å². The number of ether oxygens (including phenoxy) is 2. The highest BCUT2D eigenvalue weighted by atomic mass is 16.7. The molecule has 4 aromatic rings. The second-order valence-corrected chi connectivity index (χ2v) is 17.7.